The molecule has 1 saturated heterocycles. The minimum absolute atomic E-state index is 0.173. The topological polar surface area (TPSA) is 9.23 Å². The minimum Gasteiger partial charge on any atom is -0.372 e. The van der Waals surface area contributed by atoms with Crippen molar-refractivity contribution in [1.29, 1.82) is 0 Å². The molecule has 1 aliphatic heterocycles. The summed E-state index contributed by atoms with van der Waals surface area (Å²) < 4.78 is 5.42. The second-order valence-corrected chi connectivity index (χ2v) is 3.12. The molecule has 1 nitrogen and oxygen atoms in total. The summed E-state index contributed by atoms with van der Waals surface area (Å²) in [6.07, 6.45) is 7.38. The lowest BCUT2D eigenvalue weighted by molar-refractivity contribution is 0.131. The Bertz CT molecular complexity index is 195. The summed E-state index contributed by atoms with van der Waals surface area (Å²) >= 11 is 5.90. The van der Waals surface area contributed by atoms with Crippen LogP contribution < -0.4 is 0 Å². The molecule has 0 bridgehead atoms. The SMILES string of the molecule is ClC1=CC=CC2CCOC12. The first-order valence-electron chi connectivity index (χ1n) is 3.53. The Morgan fingerprint density at radius 2 is 2.50 bits per heavy atom. The molecule has 2 heteroatoms. The first-order chi connectivity index (χ1) is 4.88. The second kappa shape index (κ2) is 2.40. The third-order valence-electron chi connectivity index (χ3n) is 2.02. The van der Waals surface area contributed by atoms with Crippen molar-refractivity contribution in [2.45, 2.75) is 12.5 Å². The average molecular weight is 157 g/mol. The standard InChI is InChI=1S/C8H9ClO/c9-7-3-1-2-6-4-5-10-8(6)7/h1-3,6,8H,4-5H2. The molecule has 0 saturated carbocycles. The Kier molecular flexibility index (Phi) is 1.55. The molecule has 2 aliphatic rings. The van der Waals surface area contributed by atoms with Crippen molar-refractivity contribution >= 4 is 11.6 Å². The number of halogens is 1. The molecule has 0 aromatic carbocycles. The van der Waals surface area contributed by atoms with Crippen LogP contribution >= 0.6 is 11.6 Å². The van der Waals surface area contributed by atoms with Gasteiger partial charge in [0.1, 0.15) is 0 Å². The molecule has 0 radical (unpaired) electrons. The van der Waals surface area contributed by atoms with Gasteiger partial charge >= 0.3 is 0 Å². The van der Waals surface area contributed by atoms with Gasteiger partial charge in [0.2, 0.25) is 0 Å². The van der Waals surface area contributed by atoms with Crippen LogP contribution in [0.15, 0.2) is 23.3 Å². The van der Waals surface area contributed by atoms with Gasteiger partial charge in [-0.05, 0) is 12.5 Å². The van der Waals surface area contributed by atoms with E-state index in [9.17, 15) is 0 Å². The van der Waals surface area contributed by atoms with Crippen molar-refractivity contribution in [3.63, 3.8) is 0 Å². The smallest absolute Gasteiger partial charge is 0.0993 e. The Morgan fingerprint density at radius 3 is 3.30 bits per heavy atom. The molecule has 0 aromatic rings. The normalized spacial score (nSPS) is 37.5. The molecule has 2 atom stereocenters. The maximum atomic E-state index is 5.90. The maximum absolute atomic E-state index is 5.90. The summed E-state index contributed by atoms with van der Waals surface area (Å²) in [5.74, 6) is 0.539. The second-order valence-electron chi connectivity index (χ2n) is 2.68. The third-order valence-corrected chi connectivity index (χ3v) is 2.36. The lowest BCUT2D eigenvalue weighted by Crippen LogP contribution is -2.16. The van der Waals surface area contributed by atoms with Crippen LogP contribution in [0.4, 0.5) is 0 Å². The van der Waals surface area contributed by atoms with E-state index in [4.69, 9.17) is 16.3 Å². The Hall–Kier alpha value is -0.270. The number of hydrogen-bond donors (Lipinski definition) is 0. The molecule has 0 N–H and O–H groups in total. The van der Waals surface area contributed by atoms with Crippen molar-refractivity contribution in [2.24, 2.45) is 5.92 Å². The van der Waals surface area contributed by atoms with Crippen LogP contribution in [-0.4, -0.2) is 12.7 Å². The highest BCUT2D eigenvalue weighted by Gasteiger charge is 2.29. The van der Waals surface area contributed by atoms with E-state index in [1.807, 2.05) is 12.2 Å². The van der Waals surface area contributed by atoms with E-state index in [0.717, 1.165) is 18.1 Å². The number of fused-ring (bicyclic) bond motifs is 1. The summed E-state index contributed by atoms with van der Waals surface area (Å²) in [7, 11) is 0. The van der Waals surface area contributed by atoms with Crippen LogP contribution in [0.2, 0.25) is 0 Å². The summed E-state index contributed by atoms with van der Waals surface area (Å²) in [5.41, 5.74) is 0. The zero-order valence-corrected chi connectivity index (χ0v) is 6.34. The number of rotatable bonds is 0. The summed E-state index contributed by atoms with van der Waals surface area (Å²) in [4.78, 5) is 0. The van der Waals surface area contributed by atoms with Crippen LogP contribution in [0.5, 0.6) is 0 Å². The fourth-order valence-electron chi connectivity index (χ4n) is 1.47. The Morgan fingerprint density at radius 1 is 1.60 bits per heavy atom. The molecule has 1 heterocycles. The van der Waals surface area contributed by atoms with E-state index < -0.39 is 0 Å². The van der Waals surface area contributed by atoms with Gasteiger partial charge in [-0.2, -0.15) is 0 Å². The molecule has 2 rings (SSSR count). The van der Waals surface area contributed by atoms with Gasteiger partial charge in [-0.3, -0.25) is 0 Å². The van der Waals surface area contributed by atoms with Crippen molar-refractivity contribution in [1.82, 2.24) is 0 Å². The third kappa shape index (κ3) is 0.899. The van der Waals surface area contributed by atoms with E-state index >= 15 is 0 Å². The molecule has 54 valence electrons. The molecule has 1 fully saturated rings. The van der Waals surface area contributed by atoms with Gasteiger partial charge in [-0.15, -0.1) is 0 Å². The molecule has 10 heavy (non-hydrogen) atoms. The van der Waals surface area contributed by atoms with Gasteiger partial charge < -0.3 is 4.74 Å². The fraction of sp³-hybridized carbons (Fsp3) is 0.500. The van der Waals surface area contributed by atoms with Crippen molar-refractivity contribution in [3.05, 3.63) is 23.3 Å². The number of hydrogen-bond acceptors (Lipinski definition) is 1. The van der Waals surface area contributed by atoms with Gasteiger partial charge in [0.25, 0.3) is 0 Å². The van der Waals surface area contributed by atoms with Crippen LogP contribution in [0.1, 0.15) is 6.42 Å². The Balaban J connectivity index is 2.24. The van der Waals surface area contributed by atoms with Crippen LogP contribution in [0.25, 0.3) is 0 Å². The van der Waals surface area contributed by atoms with E-state index in [0.29, 0.717) is 5.92 Å². The van der Waals surface area contributed by atoms with E-state index in [1.165, 1.54) is 0 Å². The highest BCUT2D eigenvalue weighted by Crippen LogP contribution is 2.32. The summed E-state index contributed by atoms with van der Waals surface area (Å²) in [6.45, 7) is 0.851. The van der Waals surface area contributed by atoms with Crippen LogP contribution in [0.3, 0.4) is 0 Å². The molecule has 0 aromatic heterocycles. The number of allylic oxidation sites excluding steroid dienone is 2. The summed E-state index contributed by atoms with van der Waals surface area (Å²) in [6, 6.07) is 0. The van der Waals surface area contributed by atoms with Gasteiger partial charge in [0, 0.05) is 17.6 Å². The molecule has 0 amide bonds. The van der Waals surface area contributed by atoms with E-state index in [-0.39, 0.29) is 6.10 Å². The van der Waals surface area contributed by atoms with Gasteiger partial charge in [-0.25, -0.2) is 0 Å². The zero-order valence-electron chi connectivity index (χ0n) is 5.59. The predicted octanol–water partition coefficient (Wildman–Crippen LogP) is 2.08. The lowest BCUT2D eigenvalue weighted by atomic mass is 9.97. The zero-order chi connectivity index (χ0) is 6.97. The van der Waals surface area contributed by atoms with E-state index in [2.05, 4.69) is 6.08 Å². The number of ether oxygens (including phenoxy) is 1. The quantitative estimate of drug-likeness (QED) is 0.522. The lowest BCUT2D eigenvalue weighted by Gasteiger charge is -2.16. The molecular formula is C8H9ClO. The van der Waals surface area contributed by atoms with Gasteiger partial charge in [-0.1, -0.05) is 23.8 Å². The monoisotopic (exact) mass is 156 g/mol. The van der Waals surface area contributed by atoms with E-state index in [1.54, 1.807) is 0 Å². The Labute approximate surface area is 65.3 Å². The van der Waals surface area contributed by atoms with Crippen molar-refractivity contribution in [3.8, 4) is 0 Å². The highest BCUT2D eigenvalue weighted by molar-refractivity contribution is 6.30. The maximum Gasteiger partial charge on any atom is 0.0993 e. The molecule has 2 unspecified atom stereocenters. The molecule has 1 aliphatic carbocycles. The molecular weight excluding hydrogens is 148 g/mol. The fourth-order valence-corrected chi connectivity index (χ4v) is 1.77. The van der Waals surface area contributed by atoms with Crippen LogP contribution in [0, 0.1) is 5.92 Å². The van der Waals surface area contributed by atoms with Crippen molar-refractivity contribution < 1.29 is 4.74 Å². The summed E-state index contributed by atoms with van der Waals surface area (Å²) in [5, 5.41) is 0.852. The average Bonchev–Trinajstić information content (AvgIpc) is 2.36. The first-order valence-corrected chi connectivity index (χ1v) is 3.91. The van der Waals surface area contributed by atoms with Gasteiger partial charge in [0.05, 0.1) is 6.10 Å². The largest absolute Gasteiger partial charge is 0.372 e. The minimum atomic E-state index is 0.173. The highest BCUT2D eigenvalue weighted by atomic mass is 35.5. The molecule has 0 spiro atoms. The van der Waals surface area contributed by atoms with Crippen molar-refractivity contribution in [2.75, 3.05) is 6.61 Å². The predicted molar refractivity (Wildman–Crippen MR) is 40.9 cm³/mol. The first kappa shape index (κ1) is 6.44. The van der Waals surface area contributed by atoms with Crippen LogP contribution in [-0.2, 0) is 4.74 Å². The van der Waals surface area contributed by atoms with Gasteiger partial charge in [0.15, 0.2) is 0 Å².